The molecule has 2 aliphatic rings. The van der Waals surface area contributed by atoms with Crippen LogP contribution < -0.4 is 16.2 Å². The van der Waals surface area contributed by atoms with Crippen LogP contribution in [-0.2, 0) is 13.0 Å². The molecule has 5 rings (SSSR count). The van der Waals surface area contributed by atoms with Crippen LogP contribution >= 0.6 is 0 Å². The molecule has 0 unspecified atom stereocenters. The molecule has 176 valence electrons. The second-order valence-corrected chi connectivity index (χ2v) is 9.13. The average molecular weight is 459 g/mol. The first kappa shape index (κ1) is 22.2. The minimum Gasteiger partial charge on any atom is -0.387 e. The van der Waals surface area contributed by atoms with Crippen molar-refractivity contribution in [2.24, 2.45) is 10.7 Å². The fourth-order valence-corrected chi connectivity index (χ4v) is 5.02. The summed E-state index contributed by atoms with van der Waals surface area (Å²) < 4.78 is 0. The van der Waals surface area contributed by atoms with E-state index in [2.05, 4.69) is 35.8 Å². The highest BCUT2D eigenvalue weighted by molar-refractivity contribution is 6.02. The topological polar surface area (TPSA) is 127 Å². The molecular formula is C25H30N8O. The molecule has 0 aromatic carbocycles. The summed E-state index contributed by atoms with van der Waals surface area (Å²) in [7, 11) is 0. The minimum atomic E-state index is -0.0265. The van der Waals surface area contributed by atoms with Crippen molar-refractivity contribution >= 4 is 28.4 Å². The van der Waals surface area contributed by atoms with Crippen molar-refractivity contribution in [3.05, 3.63) is 63.8 Å². The number of amidine groups is 2. The number of fused-ring (bicyclic) bond motifs is 2. The van der Waals surface area contributed by atoms with Gasteiger partial charge in [0.1, 0.15) is 5.69 Å². The Morgan fingerprint density at radius 3 is 2.71 bits per heavy atom. The van der Waals surface area contributed by atoms with Gasteiger partial charge >= 0.3 is 0 Å². The molecule has 34 heavy (non-hydrogen) atoms. The molecule has 1 saturated carbocycles. The Balaban J connectivity index is 1.29. The molecular weight excluding hydrogens is 428 g/mol. The van der Waals surface area contributed by atoms with Crippen LogP contribution in [0, 0.1) is 5.41 Å². The summed E-state index contributed by atoms with van der Waals surface area (Å²) in [5.74, 6) is 0.428. The quantitative estimate of drug-likeness (QED) is 0.398. The van der Waals surface area contributed by atoms with E-state index in [0.717, 1.165) is 53.9 Å². The Hall–Kier alpha value is -3.59. The van der Waals surface area contributed by atoms with Crippen LogP contribution in [0.25, 0.3) is 11.0 Å². The average Bonchev–Trinajstić information content (AvgIpc) is 2.79. The summed E-state index contributed by atoms with van der Waals surface area (Å²) in [6.45, 7) is 6.32. The van der Waals surface area contributed by atoms with E-state index >= 15 is 0 Å². The number of nitrogens with one attached hydrogen (secondary N) is 2. The first-order valence-electron chi connectivity index (χ1n) is 11.8. The van der Waals surface area contributed by atoms with Gasteiger partial charge in [0.15, 0.2) is 5.84 Å². The lowest BCUT2D eigenvalue weighted by molar-refractivity contribution is 0.0658. The van der Waals surface area contributed by atoms with Gasteiger partial charge in [-0.15, -0.1) is 0 Å². The van der Waals surface area contributed by atoms with Crippen LogP contribution in [0.2, 0.25) is 0 Å². The van der Waals surface area contributed by atoms with Crippen molar-refractivity contribution in [2.45, 2.75) is 51.7 Å². The SMILES string of the molecule is CCc1cc2ncc(CN3CCN(c4ccc(C(=N)N=C(C)N)nc4)[C@@H]4CC[C@@H]43)cc2[nH]c1=O. The smallest absolute Gasteiger partial charge is 0.251 e. The number of aromatic nitrogens is 3. The van der Waals surface area contributed by atoms with Crippen molar-refractivity contribution in [3.63, 3.8) is 0 Å². The molecule has 0 bridgehead atoms. The third kappa shape index (κ3) is 4.19. The molecule has 1 saturated heterocycles. The summed E-state index contributed by atoms with van der Waals surface area (Å²) in [5.41, 5.74) is 10.7. The standard InChI is InChI=1S/C25H30N8O/c1-3-17-11-20-21(31-25(17)34)10-16(12-28-20)14-32-8-9-33(23-7-6-22(23)32)18-4-5-19(29-13-18)24(27)30-15(2)26/h4-5,10-13,22-23H,3,6-9,14H2,1-2H3,(H,31,34)(H3,26,27,30)/t22-,23+/m0/s1. The third-order valence-corrected chi connectivity index (χ3v) is 6.90. The van der Waals surface area contributed by atoms with Gasteiger partial charge in [0, 0.05) is 43.5 Å². The second kappa shape index (κ2) is 8.98. The predicted octanol–water partition coefficient (Wildman–Crippen LogP) is 2.44. The zero-order valence-corrected chi connectivity index (χ0v) is 19.6. The summed E-state index contributed by atoms with van der Waals surface area (Å²) in [6.07, 6.45) is 6.79. The largest absolute Gasteiger partial charge is 0.387 e. The number of rotatable bonds is 5. The van der Waals surface area contributed by atoms with Crippen molar-refractivity contribution in [3.8, 4) is 0 Å². The number of hydrogen-bond donors (Lipinski definition) is 3. The van der Waals surface area contributed by atoms with Gasteiger partial charge in [-0.25, -0.2) is 4.99 Å². The van der Waals surface area contributed by atoms with E-state index < -0.39 is 0 Å². The molecule has 1 aliphatic heterocycles. The third-order valence-electron chi connectivity index (χ3n) is 6.90. The predicted molar refractivity (Wildman–Crippen MR) is 135 cm³/mol. The molecule has 3 aromatic heterocycles. The highest BCUT2D eigenvalue weighted by atomic mass is 16.1. The highest BCUT2D eigenvalue weighted by Crippen LogP contribution is 2.37. The van der Waals surface area contributed by atoms with Crippen LogP contribution in [0.15, 0.2) is 46.4 Å². The van der Waals surface area contributed by atoms with E-state index in [-0.39, 0.29) is 11.4 Å². The van der Waals surface area contributed by atoms with Gasteiger partial charge in [0.25, 0.3) is 5.56 Å². The van der Waals surface area contributed by atoms with E-state index in [1.807, 2.05) is 37.5 Å². The van der Waals surface area contributed by atoms with Crippen molar-refractivity contribution in [1.82, 2.24) is 19.9 Å². The number of nitrogens with zero attached hydrogens (tertiary/aromatic N) is 5. The van der Waals surface area contributed by atoms with Crippen molar-refractivity contribution < 1.29 is 0 Å². The van der Waals surface area contributed by atoms with E-state index in [0.29, 0.717) is 30.0 Å². The van der Waals surface area contributed by atoms with Gasteiger partial charge in [-0.2, -0.15) is 0 Å². The van der Waals surface area contributed by atoms with Crippen LogP contribution in [-0.4, -0.2) is 56.7 Å². The van der Waals surface area contributed by atoms with Crippen LogP contribution in [0.3, 0.4) is 0 Å². The van der Waals surface area contributed by atoms with E-state index in [1.54, 1.807) is 6.92 Å². The Morgan fingerprint density at radius 1 is 1.21 bits per heavy atom. The Bertz CT molecular complexity index is 1310. The fraction of sp³-hybridized carbons (Fsp3) is 0.400. The molecule has 9 heteroatoms. The number of hydrogen-bond acceptors (Lipinski definition) is 6. The number of pyridine rings is 3. The molecule has 4 N–H and O–H groups in total. The summed E-state index contributed by atoms with van der Waals surface area (Å²) in [4.78, 5) is 33.2. The van der Waals surface area contributed by atoms with Gasteiger partial charge < -0.3 is 15.6 Å². The number of aliphatic imine (C=N–C) groups is 1. The summed E-state index contributed by atoms with van der Waals surface area (Å²) in [6, 6.07) is 8.75. The van der Waals surface area contributed by atoms with E-state index in [9.17, 15) is 4.79 Å². The molecule has 2 fully saturated rings. The lowest BCUT2D eigenvalue weighted by Crippen LogP contribution is -2.64. The van der Waals surface area contributed by atoms with Gasteiger partial charge in [0.05, 0.1) is 28.8 Å². The van der Waals surface area contributed by atoms with E-state index in [1.165, 1.54) is 6.42 Å². The molecule has 9 nitrogen and oxygen atoms in total. The maximum Gasteiger partial charge on any atom is 0.251 e. The fourth-order valence-electron chi connectivity index (χ4n) is 5.02. The van der Waals surface area contributed by atoms with Crippen molar-refractivity contribution in [2.75, 3.05) is 18.0 Å². The molecule has 0 spiro atoms. The zero-order valence-electron chi connectivity index (χ0n) is 19.6. The summed E-state index contributed by atoms with van der Waals surface area (Å²) in [5, 5.41) is 8.00. The van der Waals surface area contributed by atoms with Gasteiger partial charge in [-0.3, -0.25) is 25.1 Å². The minimum absolute atomic E-state index is 0.0265. The lowest BCUT2D eigenvalue weighted by Gasteiger charge is -2.54. The number of nitrogens with two attached hydrogens (primary N) is 1. The van der Waals surface area contributed by atoms with Crippen LogP contribution in [0.4, 0.5) is 5.69 Å². The normalized spacial score (nSPS) is 20.8. The summed E-state index contributed by atoms with van der Waals surface area (Å²) >= 11 is 0. The van der Waals surface area contributed by atoms with Gasteiger partial charge in [0.2, 0.25) is 0 Å². The van der Waals surface area contributed by atoms with E-state index in [4.69, 9.17) is 11.1 Å². The Morgan fingerprint density at radius 2 is 2.03 bits per heavy atom. The number of aromatic amines is 1. The first-order chi connectivity index (χ1) is 16.4. The Kier molecular flexibility index (Phi) is 5.87. The lowest BCUT2D eigenvalue weighted by atomic mass is 9.81. The van der Waals surface area contributed by atoms with Gasteiger partial charge in [-0.05, 0) is 56.0 Å². The molecule has 3 aromatic rings. The molecule has 4 heterocycles. The monoisotopic (exact) mass is 458 g/mol. The molecule has 0 radical (unpaired) electrons. The highest BCUT2D eigenvalue weighted by Gasteiger charge is 2.42. The molecule has 0 amide bonds. The maximum atomic E-state index is 12.2. The number of anilines is 1. The maximum absolute atomic E-state index is 12.2. The Labute approximate surface area is 198 Å². The second-order valence-electron chi connectivity index (χ2n) is 9.13. The number of piperazine rings is 1. The first-order valence-corrected chi connectivity index (χ1v) is 11.8. The van der Waals surface area contributed by atoms with Crippen LogP contribution in [0.1, 0.15) is 43.5 Å². The zero-order chi connectivity index (χ0) is 23.8. The van der Waals surface area contributed by atoms with Crippen LogP contribution in [0.5, 0.6) is 0 Å². The molecule has 1 aliphatic carbocycles. The van der Waals surface area contributed by atoms with Crippen molar-refractivity contribution in [1.29, 1.82) is 5.41 Å². The molecule has 2 atom stereocenters. The number of H-pyrrole nitrogens is 1. The van der Waals surface area contributed by atoms with Gasteiger partial charge in [-0.1, -0.05) is 6.92 Å². The number of aryl methyl sites for hydroxylation is 1.